The highest BCUT2D eigenvalue weighted by Gasteiger charge is 2.15. The summed E-state index contributed by atoms with van der Waals surface area (Å²) in [5.74, 6) is 0.987. The standard InChI is InChI=1S/C15H18N4O2/c1-11(21-13-7-5-4-6-8-13)14(20)18-12-9-16-15(17-10-12)19(2)3/h4-11H,1-3H3,(H,18,20)/t11-/m1/s1. The van der Waals surface area contributed by atoms with Gasteiger partial charge in [-0.25, -0.2) is 9.97 Å². The Bertz CT molecular complexity index is 584. The molecule has 2 rings (SSSR count). The second-order valence-corrected chi connectivity index (χ2v) is 4.73. The van der Waals surface area contributed by atoms with Gasteiger partial charge in [-0.1, -0.05) is 18.2 Å². The summed E-state index contributed by atoms with van der Waals surface area (Å²) in [6.07, 6.45) is 2.52. The first-order valence-electron chi connectivity index (χ1n) is 6.58. The van der Waals surface area contributed by atoms with Gasteiger partial charge in [-0.2, -0.15) is 0 Å². The highest BCUT2D eigenvalue weighted by atomic mass is 16.5. The smallest absolute Gasteiger partial charge is 0.265 e. The molecule has 0 radical (unpaired) electrons. The Kier molecular flexibility index (Phi) is 4.71. The molecule has 1 aromatic carbocycles. The number of carbonyl (C=O) groups is 1. The monoisotopic (exact) mass is 286 g/mol. The van der Waals surface area contributed by atoms with E-state index in [-0.39, 0.29) is 5.91 Å². The first-order valence-corrected chi connectivity index (χ1v) is 6.58. The molecule has 110 valence electrons. The van der Waals surface area contributed by atoms with Crippen LogP contribution in [0, 0.1) is 0 Å². The van der Waals surface area contributed by atoms with Crippen molar-refractivity contribution in [1.82, 2.24) is 9.97 Å². The summed E-state index contributed by atoms with van der Waals surface area (Å²) < 4.78 is 5.55. The third kappa shape index (κ3) is 4.17. The van der Waals surface area contributed by atoms with Crippen LogP contribution < -0.4 is 15.0 Å². The summed E-state index contributed by atoms with van der Waals surface area (Å²) in [4.78, 5) is 22.1. The zero-order valence-electron chi connectivity index (χ0n) is 12.3. The molecule has 1 atom stereocenters. The van der Waals surface area contributed by atoms with Crippen LogP contribution in [-0.4, -0.2) is 36.1 Å². The predicted octanol–water partition coefficient (Wildman–Crippen LogP) is 1.95. The van der Waals surface area contributed by atoms with Crippen LogP contribution in [0.5, 0.6) is 5.75 Å². The van der Waals surface area contributed by atoms with Crippen molar-refractivity contribution < 1.29 is 9.53 Å². The minimum atomic E-state index is -0.610. The van der Waals surface area contributed by atoms with Gasteiger partial charge >= 0.3 is 0 Å². The third-order valence-electron chi connectivity index (χ3n) is 2.73. The Morgan fingerprint density at radius 1 is 1.19 bits per heavy atom. The average molecular weight is 286 g/mol. The topological polar surface area (TPSA) is 67.3 Å². The molecule has 0 aliphatic carbocycles. The Hall–Kier alpha value is -2.63. The van der Waals surface area contributed by atoms with Crippen LogP contribution in [-0.2, 0) is 4.79 Å². The third-order valence-corrected chi connectivity index (χ3v) is 2.73. The summed E-state index contributed by atoms with van der Waals surface area (Å²) in [6.45, 7) is 1.69. The minimum Gasteiger partial charge on any atom is -0.481 e. The summed E-state index contributed by atoms with van der Waals surface area (Å²) in [5, 5.41) is 2.72. The van der Waals surface area contributed by atoms with E-state index in [1.165, 1.54) is 0 Å². The molecule has 21 heavy (non-hydrogen) atoms. The lowest BCUT2D eigenvalue weighted by molar-refractivity contribution is -0.122. The van der Waals surface area contributed by atoms with Gasteiger partial charge in [-0.05, 0) is 19.1 Å². The SMILES string of the molecule is C[C@@H](Oc1ccccc1)C(=O)Nc1cnc(N(C)C)nc1. The number of amides is 1. The van der Waals surface area contributed by atoms with Crippen LogP contribution in [0.15, 0.2) is 42.7 Å². The molecule has 0 fully saturated rings. The Balaban J connectivity index is 1.94. The quantitative estimate of drug-likeness (QED) is 0.910. The van der Waals surface area contributed by atoms with E-state index in [9.17, 15) is 4.79 Å². The van der Waals surface area contributed by atoms with E-state index in [0.717, 1.165) is 0 Å². The van der Waals surface area contributed by atoms with Crippen molar-refractivity contribution in [2.24, 2.45) is 0 Å². The van der Waals surface area contributed by atoms with Crippen molar-refractivity contribution in [2.75, 3.05) is 24.3 Å². The Labute approximate surface area is 123 Å². The molecule has 6 nitrogen and oxygen atoms in total. The van der Waals surface area contributed by atoms with Gasteiger partial charge in [0.2, 0.25) is 5.95 Å². The van der Waals surface area contributed by atoms with Gasteiger partial charge in [0, 0.05) is 14.1 Å². The number of ether oxygens (including phenoxy) is 1. The fourth-order valence-electron chi connectivity index (χ4n) is 1.62. The summed E-state index contributed by atoms with van der Waals surface area (Å²) >= 11 is 0. The molecule has 1 amide bonds. The zero-order chi connectivity index (χ0) is 15.2. The maximum Gasteiger partial charge on any atom is 0.265 e. The number of nitrogens with zero attached hydrogens (tertiary/aromatic N) is 3. The van der Waals surface area contributed by atoms with Crippen LogP contribution in [0.1, 0.15) is 6.92 Å². The van der Waals surface area contributed by atoms with E-state index in [1.807, 2.05) is 32.3 Å². The summed E-state index contributed by atoms with van der Waals surface area (Å²) in [6, 6.07) is 9.21. The Morgan fingerprint density at radius 2 is 1.81 bits per heavy atom. The van der Waals surface area contributed by atoms with Gasteiger partial charge in [0.1, 0.15) is 5.75 Å². The summed E-state index contributed by atoms with van der Waals surface area (Å²) in [5.41, 5.74) is 0.536. The lowest BCUT2D eigenvalue weighted by atomic mass is 10.3. The second-order valence-electron chi connectivity index (χ2n) is 4.73. The molecular weight excluding hydrogens is 268 g/mol. The molecule has 0 aliphatic heterocycles. The number of aromatic nitrogens is 2. The van der Waals surface area contributed by atoms with Gasteiger partial charge in [-0.15, -0.1) is 0 Å². The fourth-order valence-corrected chi connectivity index (χ4v) is 1.62. The van der Waals surface area contributed by atoms with E-state index in [1.54, 1.807) is 36.4 Å². The van der Waals surface area contributed by atoms with Crippen LogP contribution in [0.4, 0.5) is 11.6 Å². The molecule has 0 unspecified atom stereocenters. The number of nitrogens with one attached hydrogen (secondary N) is 1. The number of hydrogen-bond acceptors (Lipinski definition) is 5. The minimum absolute atomic E-state index is 0.250. The molecule has 1 aromatic heterocycles. The highest BCUT2D eigenvalue weighted by molar-refractivity contribution is 5.93. The highest BCUT2D eigenvalue weighted by Crippen LogP contribution is 2.12. The normalized spacial score (nSPS) is 11.6. The fraction of sp³-hybridized carbons (Fsp3) is 0.267. The summed E-state index contributed by atoms with van der Waals surface area (Å²) in [7, 11) is 3.70. The van der Waals surface area contributed by atoms with Crippen LogP contribution in [0.25, 0.3) is 0 Å². The molecule has 0 bridgehead atoms. The lowest BCUT2D eigenvalue weighted by Crippen LogP contribution is -2.30. The second kappa shape index (κ2) is 6.69. The van der Waals surface area contributed by atoms with E-state index in [0.29, 0.717) is 17.4 Å². The van der Waals surface area contributed by atoms with E-state index in [2.05, 4.69) is 15.3 Å². The van der Waals surface area contributed by atoms with Crippen molar-refractivity contribution in [3.05, 3.63) is 42.7 Å². The van der Waals surface area contributed by atoms with Gasteiger partial charge < -0.3 is 15.0 Å². The number of benzene rings is 1. The van der Waals surface area contributed by atoms with E-state index >= 15 is 0 Å². The van der Waals surface area contributed by atoms with E-state index in [4.69, 9.17) is 4.74 Å². The van der Waals surface area contributed by atoms with Gasteiger partial charge in [0.25, 0.3) is 5.91 Å². The molecule has 1 N–H and O–H groups in total. The average Bonchev–Trinajstić information content (AvgIpc) is 2.48. The maximum absolute atomic E-state index is 12.0. The predicted molar refractivity (Wildman–Crippen MR) is 81.5 cm³/mol. The van der Waals surface area contributed by atoms with Crippen molar-refractivity contribution in [3.8, 4) is 5.75 Å². The molecule has 2 aromatic rings. The van der Waals surface area contributed by atoms with Crippen LogP contribution in [0.2, 0.25) is 0 Å². The Morgan fingerprint density at radius 3 is 2.38 bits per heavy atom. The molecular formula is C15H18N4O2. The number of anilines is 2. The van der Waals surface area contributed by atoms with Crippen LogP contribution in [0.3, 0.4) is 0 Å². The van der Waals surface area contributed by atoms with Gasteiger partial charge in [-0.3, -0.25) is 4.79 Å². The van der Waals surface area contributed by atoms with Crippen molar-refractivity contribution >= 4 is 17.5 Å². The largest absolute Gasteiger partial charge is 0.481 e. The van der Waals surface area contributed by atoms with Gasteiger partial charge in [0.15, 0.2) is 6.10 Å². The van der Waals surface area contributed by atoms with Crippen molar-refractivity contribution in [2.45, 2.75) is 13.0 Å². The van der Waals surface area contributed by atoms with Gasteiger partial charge in [0.05, 0.1) is 18.1 Å². The van der Waals surface area contributed by atoms with E-state index < -0.39 is 6.10 Å². The maximum atomic E-state index is 12.0. The van der Waals surface area contributed by atoms with Crippen molar-refractivity contribution in [1.29, 1.82) is 0 Å². The zero-order valence-corrected chi connectivity index (χ0v) is 12.3. The van der Waals surface area contributed by atoms with Crippen molar-refractivity contribution in [3.63, 3.8) is 0 Å². The number of rotatable bonds is 5. The first-order chi connectivity index (χ1) is 10.1. The number of hydrogen-bond donors (Lipinski definition) is 1. The molecule has 0 aliphatic rings. The number of carbonyl (C=O) groups excluding carboxylic acids is 1. The van der Waals surface area contributed by atoms with Crippen LogP contribution >= 0.6 is 0 Å². The molecule has 0 spiro atoms. The molecule has 1 heterocycles. The lowest BCUT2D eigenvalue weighted by Gasteiger charge is -2.15. The molecule has 0 saturated carbocycles. The molecule has 6 heteroatoms. The molecule has 0 saturated heterocycles. The number of para-hydroxylation sites is 1. The first kappa shape index (κ1) is 14.8.